The Morgan fingerprint density at radius 3 is 2.14 bits per heavy atom. The van der Waals surface area contributed by atoms with Crippen molar-refractivity contribution >= 4 is 0 Å². The molecule has 40 valence electrons. The number of hydrogen-bond donors (Lipinski definition) is 0. The van der Waals surface area contributed by atoms with Crippen molar-refractivity contribution in [1.29, 1.82) is 0 Å². The molecule has 0 aromatic rings. The molecule has 1 saturated heterocycles. The summed E-state index contributed by atoms with van der Waals surface area (Å²) in [6.07, 6.45) is 2.16. The van der Waals surface area contributed by atoms with Gasteiger partial charge in [-0.3, -0.25) is 0 Å². The molecule has 0 saturated carbocycles. The van der Waals surface area contributed by atoms with Gasteiger partial charge in [0, 0.05) is 12.7 Å². The van der Waals surface area contributed by atoms with E-state index in [0.29, 0.717) is 0 Å². The number of nitrogens with zero attached hydrogens (tertiary/aromatic N) is 1. The maximum atomic E-state index is 2.25. The Morgan fingerprint density at radius 2 is 2.14 bits per heavy atom. The first-order valence-electron chi connectivity index (χ1n) is 2.66. The van der Waals surface area contributed by atoms with Gasteiger partial charge < -0.3 is 4.90 Å². The summed E-state index contributed by atoms with van der Waals surface area (Å²) in [7, 11) is 2.11. The molecule has 0 radical (unpaired) electrons. The van der Waals surface area contributed by atoms with Crippen molar-refractivity contribution in [2.24, 2.45) is 0 Å². The van der Waals surface area contributed by atoms with Crippen LogP contribution in [0.15, 0.2) is 11.8 Å². The molecule has 0 aromatic carbocycles. The molecular weight excluding hydrogens is 86.1 g/mol. The summed E-state index contributed by atoms with van der Waals surface area (Å²) in [6.45, 7) is 4.28. The van der Waals surface area contributed by atoms with Crippen molar-refractivity contribution < 1.29 is 0 Å². The van der Waals surface area contributed by atoms with Gasteiger partial charge in [-0.05, 0) is 13.8 Å². The molecule has 0 aliphatic carbocycles. The Morgan fingerprint density at radius 1 is 1.71 bits per heavy atom. The summed E-state index contributed by atoms with van der Waals surface area (Å²) in [5.41, 5.74) is 1.47. The van der Waals surface area contributed by atoms with E-state index in [4.69, 9.17) is 0 Å². The van der Waals surface area contributed by atoms with Gasteiger partial charge in [0.05, 0.1) is 6.04 Å². The van der Waals surface area contributed by atoms with E-state index in [2.05, 4.69) is 31.9 Å². The average Bonchev–Trinajstić information content (AvgIpc) is 2.17. The third kappa shape index (κ3) is 0.521. The molecule has 7 heavy (non-hydrogen) atoms. The van der Waals surface area contributed by atoms with Crippen LogP contribution in [0.25, 0.3) is 0 Å². The first-order chi connectivity index (χ1) is 3.27. The van der Waals surface area contributed by atoms with Gasteiger partial charge in [-0.2, -0.15) is 0 Å². The molecule has 1 rings (SSSR count). The lowest BCUT2D eigenvalue weighted by Gasteiger charge is -1.79. The van der Waals surface area contributed by atoms with Crippen molar-refractivity contribution in [2.75, 3.05) is 7.05 Å². The van der Waals surface area contributed by atoms with E-state index in [1.807, 2.05) is 0 Å². The average molecular weight is 97.2 g/mol. The quantitative estimate of drug-likeness (QED) is 0.411. The second-order valence-electron chi connectivity index (χ2n) is 2.00. The second kappa shape index (κ2) is 1.25. The molecule has 1 heterocycles. The maximum absolute atomic E-state index is 2.25. The third-order valence-electron chi connectivity index (χ3n) is 1.64. The van der Waals surface area contributed by atoms with Crippen LogP contribution < -0.4 is 0 Å². The van der Waals surface area contributed by atoms with Crippen molar-refractivity contribution in [3.8, 4) is 0 Å². The van der Waals surface area contributed by atoms with Crippen LogP contribution in [-0.4, -0.2) is 18.0 Å². The van der Waals surface area contributed by atoms with Gasteiger partial charge >= 0.3 is 0 Å². The molecule has 1 atom stereocenters. The van der Waals surface area contributed by atoms with Crippen molar-refractivity contribution in [2.45, 2.75) is 19.9 Å². The largest absolute Gasteiger partial charge is 0.368 e. The number of hydrogen-bond acceptors (Lipinski definition) is 1. The first-order valence-corrected chi connectivity index (χ1v) is 2.66. The van der Waals surface area contributed by atoms with Crippen LogP contribution in [0.5, 0.6) is 0 Å². The lowest BCUT2D eigenvalue weighted by Crippen LogP contribution is -1.84. The number of likely N-dealkylation sites (N-methyl/N-ethyl adjacent to an activating group) is 1. The molecule has 0 N–H and O–H groups in total. The fourth-order valence-electron chi connectivity index (χ4n) is 0.893. The summed E-state index contributed by atoms with van der Waals surface area (Å²) in [4.78, 5) is 2.25. The summed E-state index contributed by atoms with van der Waals surface area (Å²) < 4.78 is 0. The van der Waals surface area contributed by atoms with Gasteiger partial charge in [-0.25, -0.2) is 0 Å². The normalized spacial score (nSPS) is 34.4. The standard InChI is InChI=1S/C6H11N/c1-4-6-5(2)7(6)3/h4-5H,1-3H3/b6-4+. The predicted molar refractivity (Wildman–Crippen MR) is 31.0 cm³/mol. The minimum Gasteiger partial charge on any atom is -0.368 e. The Hall–Kier alpha value is -0.460. The van der Waals surface area contributed by atoms with Crippen LogP contribution in [0, 0.1) is 0 Å². The second-order valence-corrected chi connectivity index (χ2v) is 2.00. The van der Waals surface area contributed by atoms with E-state index in [9.17, 15) is 0 Å². The molecule has 0 amide bonds. The predicted octanol–water partition coefficient (Wildman–Crippen LogP) is 1.22. The minimum atomic E-state index is 0.727. The van der Waals surface area contributed by atoms with Crippen LogP contribution in [0.1, 0.15) is 13.8 Å². The summed E-state index contributed by atoms with van der Waals surface area (Å²) in [5.74, 6) is 0. The molecule has 1 aliphatic rings. The topological polar surface area (TPSA) is 3.01 Å². The molecule has 1 fully saturated rings. The third-order valence-corrected chi connectivity index (χ3v) is 1.64. The van der Waals surface area contributed by atoms with Gasteiger partial charge in [0.2, 0.25) is 0 Å². The van der Waals surface area contributed by atoms with Crippen molar-refractivity contribution in [1.82, 2.24) is 4.90 Å². The Balaban J connectivity index is 2.54. The van der Waals surface area contributed by atoms with Gasteiger partial charge in [0.1, 0.15) is 0 Å². The van der Waals surface area contributed by atoms with Gasteiger partial charge in [0.25, 0.3) is 0 Å². The highest BCUT2D eigenvalue weighted by Gasteiger charge is 2.30. The molecule has 0 aromatic heterocycles. The monoisotopic (exact) mass is 97.1 g/mol. The fourth-order valence-corrected chi connectivity index (χ4v) is 0.893. The minimum absolute atomic E-state index is 0.727. The number of allylic oxidation sites excluding steroid dienone is 1. The highest BCUT2D eigenvalue weighted by atomic mass is 15.3. The lowest BCUT2D eigenvalue weighted by molar-refractivity contribution is 0.652. The van der Waals surface area contributed by atoms with E-state index in [-0.39, 0.29) is 0 Å². The molecule has 1 nitrogen and oxygen atoms in total. The SMILES string of the molecule is C/C=C1\C(C)N1C. The van der Waals surface area contributed by atoms with E-state index >= 15 is 0 Å². The fraction of sp³-hybridized carbons (Fsp3) is 0.667. The lowest BCUT2D eigenvalue weighted by atomic mass is 10.4. The molecule has 0 spiro atoms. The molecule has 1 unspecified atom stereocenters. The zero-order chi connectivity index (χ0) is 5.44. The Bertz CT molecular complexity index is 94.7. The zero-order valence-electron chi connectivity index (χ0n) is 5.10. The van der Waals surface area contributed by atoms with Crippen molar-refractivity contribution in [3.05, 3.63) is 11.8 Å². The summed E-state index contributed by atoms with van der Waals surface area (Å²) >= 11 is 0. The zero-order valence-corrected chi connectivity index (χ0v) is 5.10. The van der Waals surface area contributed by atoms with Crippen LogP contribution >= 0.6 is 0 Å². The Labute approximate surface area is 44.6 Å². The molecular formula is C6H11N. The van der Waals surface area contributed by atoms with E-state index in [1.165, 1.54) is 5.70 Å². The van der Waals surface area contributed by atoms with Crippen molar-refractivity contribution in [3.63, 3.8) is 0 Å². The highest BCUT2D eigenvalue weighted by molar-refractivity contribution is 5.22. The first kappa shape index (κ1) is 4.69. The van der Waals surface area contributed by atoms with E-state index in [1.54, 1.807) is 0 Å². The Kier molecular flexibility index (Phi) is 0.841. The summed E-state index contributed by atoms with van der Waals surface area (Å²) in [5, 5.41) is 0. The number of rotatable bonds is 0. The summed E-state index contributed by atoms with van der Waals surface area (Å²) in [6, 6.07) is 0.727. The van der Waals surface area contributed by atoms with Crippen LogP contribution in [-0.2, 0) is 0 Å². The van der Waals surface area contributed by atoms with Crippen LogP contribution in [0.4, 0.5) is 0 Å². The van der Waals surface area contributed by atoms with Gasteiger partial charge in [0.15, 0.2) is 0 Å². The van der Waals surface area contributed by atoms with Gasteiger partial charge in [-0.15, -0.1) is 0 Å². The van der Waals surface area contributed by atoms with E-state index < -0.39 is 0 Å². The maximum Gasteiger partial charge on any atom is 0.0653 e. The highest BCUT2D eigenvalue weighted by Crippen LogP contribution is 2.28. The molecule has 1 heteroatoms. The van der Waals surface area contributed by atoms with Crippen LogP contribution in [0.2, 0.25) is 0 Å². The molecule has 1 aliphatic heterocycles. The van der Waals surface area contributed by atoms with Crippen LogP contribution in [0.3, 0.4) is 0 Å². The van der Waals surface area contributed by atoms with Gasteiger partial charge in [-0.1, -0.05) is 6.08 Å². The smallest absolute Gasteiger partial charge is 0.0653 e. The van der Waals surface area contributed by atoms with E-state index in [0.717, 1.165) is 6.04 Å². The molecule has 0 bridgehead atoms.